The van der Waals surface area contributed by atoms with Gasteiger partial charge >= 0.3 is 0 Å². The summed E-state index contributed by atoms with van der Waals surface area (Å²) in [7, 11) is 0. The molecule has 21 heavy (non-hydrogen) atoms. The Hall–Kier alpha value is -2.16. The number of hydrogen-bond donors (Lipinski definition) is 1. The van der Waals surface area contributed by atoms with Crippen molar-refractivity contribution >= 4 is 5.91 Å². The van der Waals surface area contributed by atoms with E-state index >= 15 is 0 Å². The molecule has 0 radical (unpaired) electrons. The van der Waals surface area contributed by atoms with Gasteiger partial charge in [0.2, 0.25) is 5.91 Å². The van der Waals surface area contributed by atoms with Gasteiger partial charge in [0.1, 0.15) is 0 Å². The summed E-state index contributed by atoms with van der Waals surface area (Å²) in [6.07, 6.45) is 3.54. The molecule has 3 nitrogen and oxygen atoms in total. The van der Waals surface area contributed by atoms with Crippen LogP contribution in [0.25, 0.3) is 0 Å². The van der Waals surface area contributed by atoms with Gasteiger partial charge in [-0.1, -0.05) is 56.7 Å². The standard InChI is InChI=1S/C18H22N2O/c1-13-7-9-14(10-8-13)16(15-6-5-11-19-12-15)20-17(21)18(2,3)4/h5-12,16H,1-4H3,(H,20,21)/t16-/m0/s1. The number of rotatable bonds is 3. The lowest BCUT2D eigenvalue weighted by molar-refractivity contribution is -0.129. The molecule has 1 aromatic heterocycles. The molecule has 0 aliphatic carbocycles. The Morgan fingerprint density at radius 1 is 1.10 bits per heavy atom. The number of aromatic nitrogens is 1. The Morgan fingerprint density at radius 3 is 2.29 bits per heavy atom. The maximum Gasteiger partial charge on any atom is 0.226 e. The van der Waals surface area contributed by atoms with Crippen LogP contribution in [-0.4, -0.2) is 10.9 Å². The van der Waals surface area contributed by atoms with E-state index in [0.29, 0.717) is 0 Å². The van der Waals surface area contributed by atoms with E-state index in [9.17, 15) is 4.79 Å². The van der Waals surface area contributed by atoms with E-state index < -0.39 is 5.41 Å². The molecular formula is C18H22N2O. The van der Waals surface area contributed by atoms with E-state index in [0.717, 1.165) is 11.1 Å². The quantitative estimate of drug-likeness (QED) is 0.933. The summed E-state index contributed by atoms with van der Waals surface area (Å²) in [5.41, 5.74) is 2.82. The summed E-state index contributed by atoms with van der Waals surface area (Å²) in [5.74, 6) is 0.0249. The van der Waals surface area contributed by atoms with Crippen molar-refractivity contribution in [3.63, 3.8) is 0 Å². The number of nitrogens with one attached hydrogen (secondary N) is 1. The van der Waals surface area contributed by atoms with Gasteiger partial charge in [0, 0.05) is 17.8 Å². The van der Waals surface area contributed by atoms with Gasteiger partial charge < -0.3 is 5.32 Å². The van der Waals surface area contributed by atoms with E-state index in [-0.39, 0.29) is 11.9 Å². The average molecular weight is 282 g/mol. The highest BCUT2D eigenvalue weighted by Gasteiger charge is 2.25. The predicted octanol–water partition coefficient (Wildman–Crippen LogP) is 3.64. The van der Waals surface area contributed by atoms with Gasteiger partial charge in [-0.05, 0) is 24.1 Å². The van der Waals surface area contributed by atoms with Crippen molar-refractivity contribution in [2.24, 2.45) is 5.41 Å². The van der Waals surface area contributed by atoms with E-state index in [1.807, 2.05) is 32.9 Å². The molecule has 1 amide bonds. The van der Waals surface area contributed by atoms with E-state index in [2.05, 4.69) is 41.5 Å². The maximum absolute atomic E-state index is 12.4. The van der Waals surface area contributed by atoms with E-state index in [1.54, 1.807) is 12.4 Å². The summed E-state index contributed by atoms with van der Waals surface area (Å²) < 4.78 is 0. The summed E-state index contributed by atoms with van der Waals surface area (Å²) in [6.45, 7) is 7.80. The molecule has 0 spiro atoms. The van der Waals surface area contributed by atoms with Crippen molar-refractivity contribution < 1.29 is 4.79 Å². The molecule has 1 atom stereocenters. The summed E-state index contributed by atoms with van der Waals surface area (Å²) in [5, 5.41) is 3.13. The lowest BCUT2D eigenvalue weighted by Gasteiger charge is -2.25. The molecule has 0 unspecified atom stereocenters. The van der Waals surface area contributed by atoms with Crippen LogP contribution in [-0.2, 0) is 4.79 Å². The molecule has 1 N–H and O–H groups in total. The molecule has 2 rings (SSSR count). The van der Waals surface area contributed by atoms with Crippen LogP contribution in [0.3, 0.4) is 0 Å². The largest absolute Gasteiger partial charge is 0.345 e. The molecular weight excluding hydrogens is 260 g/mol. The highest BCUT2D eigenvalue weighted by molar-refractivity contribution is 5.82. The number of amides is 1. The van der Waals surface area contributed by atoms with Gasteiger partial charge in [0.25, 0.3) is 0 Å². The van der Waals surface area contributed by atoms with Gasteiger partial charge in [0.05, 0.1) is 6.04 Å². The number of nitrogens with zero attached hydrogens (tertiary/aromatic N) is 1. The fourth-order valence-electron chi connectivity index (χ4n) is 2.01. The van der Waals surface area contributed by atoms with E-state index in [1.165, 1.54) is 5.56 Å². The molecule has 0 saturated heterocycles. The van der Waals surface area contributed by atoms with Crippen LogP contribution in [0.1, 0.15) is 43.5 Å². The van der Waals surface area contributed by atoms with Gasteiger partial charge in [-0.15, -0.1) is 0 Å². The first-order valence-electron chi connectivity index (χ1n) is 7.15. The van der Waals surface area contributed by atoms with Crippen molar-refractivity contribution in [2.75, 3.05) is 0 Å². The second-order valence-corrected chi connectivity index (χ2v) is 6.35. The number of carbonyl (C=O) groups is 1. The molecule has 2 aromatic rings. The third-order valence-electron chi connectivity index (χ3n) is 3.39. The Bertz CT molecular complexity index is 597. The van der Waals surface area contributed by atoms with Crippen LogP contribution in [0.5, 0.6) is 0 Å². The van der Waals surface area contributed by atoms with Crippen molar-refractivity contribution in [3.05, 3.63) is 65.5 Å². The fraction of sp³-hybridized carbons (Fsp3) is 0.333. The van der Waals surface area contributed by atoms with Crippen LogP contribution >= 0.6 is 0 Å². The van der Waals surface area contributed by atoms with Crippen LogP contribution in [0, 0.1) is 12.3 Å². The minimum Gasteiger partial charge on any atom is -0.345 e. The zero-order chi connectivity index (χ0) is 15.5. The molecule has 3 heteroatoms. The lowest BCUT2D eigenvalue weighted by atomic mass is 9.93. The van der Waals surface area contributed by atoms with Crippen molar-refractivity contribution in [2.45, 2.75) is 33.7 Å². The fourth-order valence-corrected chi connectivity index (χ4v) is 2.01. The third-order valence-corrected chi connectivity index (χ3v) is 3.39. The van der Waals surface area contributed by atoms with Crippen molar-refractivity contribution in [3.8, 4) is 0 Å². The zero-order valence-corrected chi connectivity index (χ0v) is 13.1. The molecule has 1 aromatic carbocycles. The Balaban J connectivity index is 2.36. The second kappa shape index (κ2) is 6.08. The molecule has 1 heterocycles. The smallest absolute Gasteiger partial charge is 0.226 e. The molecule has 110 valence electrons. The summed E-state index contributed by atoms with van der Waals surface area (Å²) in [4.78, 5) is 16.5. The molecule has 0 fully saturated rings. The number of aryl methyl sites for hydroxylation is 1. The van der Waals surface area contributed by atoms with Crippen molar-refractivity contribution in [1.29, 1.82) is 0 Å². The van der Waals surface area contributed by atoms with Crippen LogP contribution in [0.4, 0.5) is 0 Å². The van der Waals surface area contributed by atoms with Crippen LogP contribution < -0.4 is 5.32 Å². The van der Waals surface area contributed by atoms with Crippen LogP contribution in [0.15, 0.2) is 48.8 Å². The number of hydrogen-bond acceptors (Lipinski definition) is 2. The van der Waals surface area contributed by atoms with Gasteiger partial charge in [-0.3, -0.25) is 9.78 Å². The van der Waals surface area contributed by atoms with Crippen LogP contribution in [0.2, 0.25) is 0 Å². The minimum absolute atomic E-state index is 0.0249. The molecule has 0 bridgehead atoms. The highest BCUT2D eigenvalue weighted by atomic mass is 16.2. The number of pyridine rings is 1. The van der Waals surface area contributed by atoms with Gasteiger partial charge in [-0.2, -0.15) is 0 Å². The summed E-state index contributed by atoms with van der Waals surface area (Å²) >= 11 is 0. The van der Waals surface area contributed by atoms with Gasteiger partial charge in [-0.25, -0.2) is 0 Å². The Kier molecular flexibility index (Phi) is 4.41. The Morgan fingerprint density at radius 2 is 1.76 bits per heavy atom. The minimum atomic E-state index is -0.425. The predicted molar refractivity (Wildman–Crippen MR) is 84.9 cm³/mol. The topological polar surface area (TPSA) is 42.0 Å². The molecule has 0 saturated carbocycles. The maximum atomic E-state index is 12.4. The normalized spacial score (nSPS) is 12.8. The monoisotopic (exact) mass is 282 g/mol. The van der Waals surface area contributed by atoms with Crippen molar-refractivity contribution in [1.82, 2.24) is 10.3 Å². The first kappa shape index (κ1) is 15.2. The first-order chi connectivity index (χ1) is 9.88. The molecule has 0 aliphatic rings. The average Bonchev–Trinajstić information content (AvgIpc) is 2.45. The number of carbonyl (C=O) groups excluding carboxylic acids is 1. The lowest BCUT2D eigenvalue weighted by Crippen LogP contribution is -2.37. The highest BCUT2D eigenvalue weighted by Crippen LogP contribution is 2.24. The zero-order valence-electron chi connectivity index (χ0n) is 13.1. The molecule has 0 aliphatic heterocycles. The number of benzene rings is 1. The van der Waals surface area contributed by atoms with Gasteiger partial charge in [0.15, 0.2) is 0 Å². The van der Waals surface area contributed by atoms with E-state index in [4.69, 9.17) is 0 Å². The third kappa shape index (κ3) is 3.91. The Labute approximate surface area is 126 Å². The second-order valence-electron chi connectivity index (χ2n) is 6.35. The summed E-state index contributed by atoms with van der Waals surface area (Å²) in [6, 6.07) is 11.9. The SMILES string of the molecule is Cc1ccc([C@H](NC(=O)C(C)(C)C)c2cccnc2)cc1. The first-order valence-corrected chi connectivity index (χ1v) is 7.15.